The molecule has 0 aliphatic heterocycles. The van der Waals surface area contributed by atoms with Crippen molar-refractivity contribution in [3.8, 4) is 22.6 Å². The molecule has 200 valence electrons. The Morgan fingerprint density at radius 3 is 1.27 bits per heavy atom. The van der Waals surface area contributed by atoms with E-state index in [1.165, 1.54) is 43.1 Å². The summed E-state index contributed by atoms with van der Waals surface area (Å²) in [5, 5.41) is 10.3. The minimum atomic E-state index is 0. The average Bonchev–Trinajstić information content (AvgIpc) is 3.74. The molecule has 8 rings (SSSR count). The van der Waals surface area contributed by atoms with Gasteiger partial charge in [-0.2, -0.15) is 0 Å². The van der Waals surface area contributed by atoms with Crippen molar-refractivity contribution in [1.82, 2.24) is 0 Å². The molecule has 0 aliphatic carbocycles. The van der Waals surface area contributed by atoms with Crippen LogP contribution in [0.5, 0.6) is 0 Å². The molecule has 0 N–H and O–H groups in total. The number of fused-ring (bicyclic) bond motifs is 6. The van der Waals surface area contributed by atoms with Crippen LogP contribution in [0.1, 0.15) is 11.5 Å². The van der Waals surface area contributed by atoms with Crippen molar-refractivity contribution in [2.45, 2.75) is 13.8 Å². The second-order valence-electron chi connectivity index (χ2n) is 9.89. The van der Waals surface area contributed by atoms with Crippen molar-refractivity contribution in [1.29, 1.82) is 0 Å². The Hall–Kier alpha value is -3.37. The van der Waals surface area contributed by atoms with Crippen molar-refractivity contribution in [2.24, 2.45) is 0 Å². The number of furan rings is 2. The molecule has 8 aromatic rings. The van der Waals surface area contributed by atoms with E-state index in [0.717, 1.165) is 34.2 Å². The van der Waals surface area contributed by atoms with Crippen LogP contribution < -0.4 is 24.8 Å². The monoisotopic (exact) mass is 740 g/mol. The van der Waals surface area contributed by atoms with Gasteiger partial charge in [0.1, 0.15) is 0 Å². The molecule has 0 saturated heterocycles. The van der Waals surface area contributed by atoms with Crippen molar-refractivity contribution >= 4 is 43.1 Å². The van der Waals surface area contributed by atoms with E-state index >= 15 is 0 Å². The van der Waals surface area contributed by atoms with Crippen LogP contribution in [0.25, 0.3) is 65.7 Å². The molecular formula is C36H26Cl2HfO2. The zero-order valence-corrected chi connectivity index (χ0v) is 27.7. The zero-order chi connectivity index (χ0) is 25.6. The van der Waals surface area contributed by atoms with Gasteiger partial charge in [-0.15, -0.1) is 57.9 Å². The minimum absolute atomic E-state index is 0. The first-order chi connectivity index (χ1) is 18.6. The normalized spacial score (nSPS) is 10.6. The van der Waals surface area contributed by atoms with Gasteiger partial charge in [-0.1, -0.05) is 82.6 Å². The Balaban J connectivity index is 0.000000176. The number of aryl methyl sites for hydroxylation is 2. The van der Waals surface area contributed by atoms with Gasteiger partial charge < -0.3 is 33.6 Å². The summed E-state index contributed by atoms with van der Waals surface area (Å²) in [5.74, 6) is 3.78. The first-order valence-electron chi connectivity index (χ1n) is 12.9. The van der Waals surface area contributed by atoms with E-state index in [4.69, 9.17) is 8.83 Å². The number of hydrogen-bond acceptors (Lipinski definition) is 2. The summed E-state index contributed by atoms with van der Waals surface area (Å²) in [5.41, 5.74) is 2.30. The molecule has 0 spiro atoms. The third-order valence-electron chi connectivity index (χ3n) is 7.28. The molecule has 5 heteroatoms. The SMILES string of the molecule is Cc1ccc(-c2cc3c(ccc4ccccc43)[cH-]2)o1.Cc1ccc(-c2cc3c(ccc4ccccc43)[cH-]2)o1.[Cl-].[Cl-].[Hf+4]. The molecule has 0 bridgehead atoms. The summed E-state index contributed by atoms with van der Waals surface area (Å²) in [6, 6.07) is 42.6. The van der Waals surface area contributed by atoms with Crippen LogP contribution in [-0.2, 0) is 25.8 Å². The molecule has 2 nitrogen and oxygen atoms in total. The quantitative estimate of drug-likeness (QED) is 0.192. The van der Waals surface area contributed by atoms with Crippen molar-refractivity contribution in [2.75, 3.05) is 0 Å². The fraction of sp³-hybridized carbons (Fsp3) is 0.0556. The molecule has 0 unspecified atom stereocenters. The second kappa shape index (κ2) is 12.7. The van der Waals surface area contributed by atoms with E-state index in [-0.39, 0.29) is 50.7 Å². The summed E-state index contributed by atoms with van der Waals surface area (Å²) in [4.78, 5) is 0. The average molecular weight is 740 g/mol. The molecule has 41 heavy (non-hydrogen) atoms. The largest absolute Gasteiger partial charge is 4.00 e. The summed E-state index contributed by atoms with van der Waals surface area (Å²) in [6.07, 6.45) is 0. The number of benzene rings is 4. The van der Waals surface area contributed by atoms with E-state index in [0.29, 0.717) is 0 Å². The maximum absolute atomic E-state index is 5.71. The summed E-state index contributed by atoms with van der Waals surface area (Å²) < 4.78 is 11.4. The van der Waals surface area contributed by atoms with Gasteiger partial charge in [0.25, 0.3) is 0 Å². The van der Waals surface area contributed by atoms with Crippen LogP contribution in [0.15, 0.2) is 130 Å². The first-order valence-corrected chi connectivity index (χ1v) is 12.9. The fourth-order valence-electron chi connectivity index (χ4n) is 5.39. The number of hydrogen-bond donors (Lipinski definition) is 0. The number of rotatable bonds is 2. The molecule has 0 aliphatic rings. The third-order valence-corrected chi connectivity index (χ3v) is 7.28. The number of halogens is 2. The molecule has 0 radical (unpaired) electrons. The first kappa shape index (κ1) is 30.6. The molecule has 2 aromatic heterocycles. The molecular weight excluding hydrogens is 714 g/mol. The standard InChI is InChI=1S/2C18H13O.2ClH.Hf/c2*1-12-6-9-18(19-12)15-10-14-8-7-13-4-2-3-5-16(13)17(14)11-15;;;/h2*2-11H,1H3;2*1H;/q2*-1;;;+4/p-2. The van der Waals surface area contributed by atoms with Gasteiger partial charge in [-0.3, -0.25) is 0 Å². The van der Waals surface area contributed by atoms with Crippen LogP contribution in [0.3, 0.4) is 0 Å². The minimum Gasteiger partial charge on any atom is -1.00 e. The Morgan fingerprint density at radius 1 is 0.463 bits per heavy atom. The summed E-state index contributed by atoms with van der Waals surface area (Å²) >= 11 is 0. The van der Waals surface area contributed by atoms with Gasteiger partial charge in [-0.25, -0.2) is 0 Å². The Morgan fingerprint density at radius 2 is 0.878 bits per heavy atom. The van der Waals surface area contributed by atoms with Crippen LogP contribution >= 0.6 is 0 Å². The van der Waals surface area contributed by atoms with E-state index in [1.54, 1.807) is 0 Å². The second-order valence-corrected chi connectivity index (χ2v) is 9.89. The van der Waals surface area contributed by atoms with Gasteiger partial charge in [0, 0.05) is 0 Å². The molecule has 6 aromatic carbocycles. The van der Waals surface area contributed by atoms with Crippen LogP contribution in [0.2, 0.25) is 0 Å². The van der Waals surface area contributed by atoms with Gasteiger partial charge in [0.05, 0.1) is 23.0 Å². The van der Waals surface area contributed by atoms with Crippen molar-refractivity contribution < 1.29 is 59.5 Å². The van der Waals surface area contributed by atoms with Gasteiger partial charge in [0.15, 0.2) is 0 Å². The zero-order valence-electron chi connectivity index (χ0n) is 22.6. The summed E-state index contributed by atoms with van der Waals surface area (Å²) in [7, 11) is 0. The van der Waals surface area contributed by atoms with E-state index < -0.39 is 0 Å². The smallest absolute Gasteiger partial charge is 1.00 e. The Bertz CT molecular complexity index is 1920. The topological polar surface area (TPSA) is 26.3 Å². The molecule has 0 amide bonds. The fourth-order valence-corrected chi connectivity index (χ4v) is 5.39. The maximum atomic E-state index is 5.71. The van der Waals surface area contributed by atoms with E-state index in [2.05, 4.69) is 97.1 Å². The Labute approximate surface area is 270 Å². The predicted molar refractivity (Wildman–Crippen MR) is 159 cm³/mol. The van der Waals surface area contributed by atoms with Crippen molar-refractivity contribution in [3.05, 3.63) is 133 Å². The Kier molecular flexibility index (Phi) is 9.44. The van der Waals surface area contributed by atoms with Crippen LogP contribution in [-0.4, -0.2) is 0 Å². The molecule has 0 saturated carbocycles. The molecule has 2 heterocycles. The summed E-state index contributed by atoms with van der Waals surface area (Å²) in [6.45, 7) is 3.95. The van der Waals surface area contributed by atoms with E-state index in [1.807, 2.05) is 38.1 Å². The molecule has 0 fully saturated rings. The third kappa shape index (κ3) is 5.85. The predicted octanol–water partition coefficient (Wildman–Crippen LogP) is 4.57. The van der Waals surface area contributed by atoms with Crippen LogP contribution in [0, 0.1) is 13.8 Å². The van der Waals surface area contributed by atoms with Gasteiger partial charge in [-0.05, 0) is 48.9 Å². The van der Waals surface area contributed by atoms with Gasteiger partial charge in [0.2, 0.25) is 0 Å². The molecule has 0 atom stereocenters. The maximum Gasteiger partial charge on any atom is 4.00 e. The van der Waals surface area contributed by atoms with Crippen LogP contribution in [0.4, 0.5) is 0 Å². The van der Waals surface area contributed by atoms with E-state index in [9.17, 15) is 0 Å². The van der Waals surface area contributed by atoms with Crippen molar-refractivity contribution in [3.63, 3.8) is 0 Å². The van der Waals surface area contributed by atoms with Gasteiger partial charge >= 0.3 is 25.8 Å².